The second-order valence-electron chi connectivity index (χ2n) is 4.37. The molecule has 0 heterocycles. The summed E-state index contributed by atoms with van der Waals surface area (Å²) in [5.74, 6) is 4.16. The van der Waals surface area contributed by atoms with Gasteiger partial charge in [-0.2, -0.15) is 0 Å². The van der Waals surface area contributed by atoms with E-state index in [1.54, 1.807) is 0 Å². The van der Waals surface area contributed by atoms with Gasteiger partial charge < -0.3 is 5.11 Å². The molecule has 1 N–H and O–H groups in total. The lowest BCUT2D eigenvalue weighted by Gasteiger charge is -2.33. The number of terminal acetylenes is 1. The Balaban J connectivity index is 1.98. The van der Waals surface area contributed by atoms with E-state index in [9.17, 15) is 5.11 Å². The van der Waals surface area contributed by atoms with E-state index >= 15 is 0 Å². The molecule has 0 bridgehead atoms. The lowest BCUT2D eigenvalue weighted by atomic mass is 9.76. The Labute approximate surface area is 74.2 Å². The second kappa shape index (κ2) is 2.78. The van der Waals surface area contributed by atoms with Gasteiger partial charge in [0.2, 0.25) is 0 Å². The minimum Gasteiger partial charge on any atom is -0.378 e. The van der Waals surface area contributed by atoms with Crippen LogP contribution in [0.5, 0.6) is 0 Å². The summed E-state index contributed by atoms with van der Waals surface area (Å²) in [6, 6.07) is 0. The smallest absolute Gasteiger partial charge is 0.125 e. The predicted molar refractivity (Wildman–Crippen MR) is 48.5 cm³/mol. The molecule has 0 aromatic carbocycles. The maximum absolute atomic E-state index is 9.89. The molecule has 2 unspecified atom stereocenters. The Morgan fingerprint density at radius 3 is 2.58 bits per heavy atom. The highest BCUT2D eigenvalue weighted by atomic mass is 16.3. The van der Waals surface area contributed by atoms with Crippen molar-refractivity contribution in [2.24, 2.45) is 11.8 Å². The minimum absolute atomic E-state index is 0.722. The lowest BCUT2D eigenvalue weighted by Crippen LogP contribution is -2.34. The summed E-state index contributed by atoms with van der Waals surface area (Å²) in [5, 5.41) is 9.89. The molecule has 2 saturated carbocycles. The van der Waals surface area contributed by atoms with Gasteiger partial charge >= 0.3 is 0 Å². The monoisotopic (exact) mass is 164 g/mol. The van der Waals surface area contributed by atoms with Crippen molar-refractivity contribution in [1.29, 1.82) is 0 Å². The zero-order valence-corrected chi connectivity index (χ0v) is 7.42. The first-order valence-corrected chi connectivity index (χ1v) is 4.94. The molecule has 2 aliphatic carbocycles. The van der Waals surface area contributed by atoms with Crippen LogP contribution in [0.15, 0.2) is 0 Å². The predicted octanol–water partition coefficient (Wildman–Crippen LogP) is 1.95. The second-order valence-corrected chi connectivity index (χ2v) is 4.37. The molecule has 0 aliphatic heterocycles. The third-order valence-corrected chi connectivity index (χ3v) is 3.32. The average molecular weight is 164 g/mol. The third kappa shape index (κ3) is 1.49. The highest BCUT2D eigenvalue weighted by Crippen LogP contribution is 2.46. The van der Waals surface area contributed by atoms with Crippen molar-refractivity contribution in [3.05, 3.63) is 0 Å². The van der Waals surface area contributed by atoms with Crippen LogP contribution < -0.4 is 0 Å². The topological polar surface area (TPSA) is 20.2 Å². The summed E-state index contributed by atoms with van der Waals surface area (Å²) in [4.78, 5) is 0. The van der Waals surface area contributed by atoms with Crippen LogP contribution >= 0.6 is 0 Å². The van der Waals surface area contributed by atoms with Gasteiger partial charge in [-0.25, -0.2) is 0 Å². The summed E-state index contributed by atoms with van der Waals surface area (Å²) in [7, 11) is 0. The molecule has 12 heavy (non-hydrogen) atoms. The Bertz CT molecular complexity index is 212. The summed E-state index contributed by atoms with van der Waals surface area (Å²) in [6.07, 6.45) is 12.1. The van der Waals surface area contributed by atoms with Crippen LogP contribution in [-0.4, -0.2) is 10.7 Å². The Hall–Kier alpha value is -0.480. The van der Waals surface area contributed by atoms with Gasteiger partial charge in [0.1, 0.15) is 5.60 Å². The van der Waals surface area contributed by atoms with Gasteiger partial charge in [0.15, 0.2) is 0 Å². The molecule has 1 heteroatoms. The summed E-state index contributed by atoms with van der Waals surface area (Å²) < 4.78 is 0. The first-order chi connectivity index (χ1) is 5.73. The van der Waals surface area contributed by atoms with Crippen LogP contribution in [-0.2, 0) is 0 Å². The van der Waals surface area contributed by atoms with Gasteiger partial charge in [-0.05, 0) is 50.4 Å². The first-order valence-electron chi connectivity index (χ1n) is 4.94. The van der Waals surface area contributed by atoms with Crippen molar-refractivity contribution < 1.29 is 5.11 Å². The SMILES string of the molecule is C#CC1(O)CCCC(C2CC2)C1. The Morgan fingerprint density at radius 2 is 2.00 bits per heavy atom. The molecule has 0 amide bonds. The molecule has 0 spiro atoms. The van der Waals surface area contributed by atoms with Crippen molar-refractivity contribution >= 4 is 0 Å². The summed E-state index contributed by atoms with van der Waals surface area (Å²) >= 11 is 0. The van der Waals surface area contributed by atoms with Gasteiger partial charge in [0.05, 0.1) is 0 Å². The molecule has 2 rings (SSSR count). The molecule has 0 aromatic rings. The van der Waals surface area contributed by atoms with Crippen LogP contribution in [0.2, 0.25) is 0 Å². The first kappa shape index (κ1) is 8.13. The zero-order valence-electron chi connectivity index (χ0n) is 7.42. The molecular formula is C11H16O. The highest BCUT2D eigenvalue weighted by Gasteiger charge is 2.39. The molecule has 0 saturated heterocycles. The van der Waals surface area contributed by atoms with Crippen molar-refractivity contribution in [1.82, 2.24) is 0 Å². The fraction of sp³-hybridized carbons (Fsp3) is 0.818. The van der Waals surface area contributed by atoms with E-state index in [2.05, 4.69) is 5.92 Å². The average Bonchev–Trinajstić information content (AvgIpc) is 2.87. The van der Waals surface area contributed by atoms with E-state index in [-0.39, 0.29) is 0 Å². The molecule has 0 radical (unpaired) electrons. The van der Waals surface area contributed by atoms with Crippen molar-refractivity contribution in [2.45, 2.75) is 44.1 Å². The number of hydrogen-bond donors (Lipinski definition) is 1. The van der Waals surface area contributed by atoms with Crippen molar-refractivity contribution in [3.8, 4) is 12.3 Å². The molecule has 0 aromatic heterocycles. The normalized spacial score (nSPS) is 42.2. The number of rotatable bonds is 1. The van der Waals surface area contributed by atoms with Crippen LogP contribution in [0.3, 0.4) is 0 Å². The van der Waals surface area contributed by atoms with E-state index in [1.165, 1.54) is 19.3 Å². The maximum Gasteiger partial charge on any atom is 0.125 e. The lowest BCUT2D eigenvalue weighted by molar-refractivity contribution is 0.0320. The highest BCUT2D eigenvalue weighted by molar-refractivity contribution is 5.10. The van der Waals surface area contributed by atoms with E-state index < -0.39 is 5.60 Å². The molecule has 2 aliphatic rings. The van der Waals surface area contributed by atoms with E-state index in [0.717, 1.165) is 31.1 Å². The third-order valence-electron chi connectivity index (χ3n) is 3.32. The standard InChI is InChI=1S/C11H16O/c1-2-11(12)7-3-4-10(8-11)9-5-6-9/h1,9-10,12H,3-8H2. The van der Waals surface area contributed by atoms with Crippen molar-refractivity contribution in [2.75, 3.05) is 0 Å². The van der Waals surface area contributed by atoms with Gasteiger partial charge in [-0.15, -0.1) is 6.42 Å². The number of hydrogen-bond acceptors (Lipinski definition) is 1. The molecule has 66 valence electrons. The van der Waals surface area contributed by atoms with Crippen LogP contribution in [0, 0.1) is 24.2 Å². The maximum atomic E-state index is 9.89. The number of aliphatic hydroxyl groups is 1. The molecule has 2 atom stereocenters. The quantitative estimate of drug-likeness (QED) is 0.587. The summed E-state index contributed by atoms with van der Waals surface area (Å²) in [5.41, 5.74) is -0.758. The zero-order chi connectivity index (χ0) is 8.60. The molecule has 1 nitrogen and oxygen atoms in total. The fourth-order valence-corrected chi connectivity index (χ4v) is 2.40. The van der Waals surface area contributed by atoms with Crippen LogP contribution in [0.1, 0.15) is 38.5 Å². The van der Waals surface area contributed by atoms with E-state index in [4.69, 9.17) is 6.42 Å². The molecule has 2 fully saturated rings. The van der Waals surface area contributed by atoms with Crippen LogP contribution in [0.4, 0.5) is 0 Å². The van der Waals surface area contributed by atoms with Crippen LogP contribution in [0.25, 0.3) is 0 Å². The van der Waals surface area contributed by atoms with Gasteiger partial charge in [0.25, 0.3) is 0 Å². The Morgan fingerprint density at radius 1 is 1.25 bits per heavy atom. The Kier molecular flexibility index (Phi) is 1.88. The van der Waals surface area contributed by atoms with Gasteiger partial charge in [-0.1, -0.05) is 5.92 Å². The van der Waals surface area contributed by atoms with E-state index in [1.807, 2.05) is 0 Å². The fourth-order valence-electron chi connectivity index (χ4n) is 2.40. The van der Waals surface area contributed by atoms with Gasteiger partial charge in [0, 0.05) is 0 Å². The van der Waals surface area contributed by atoms with E-state index in [0.29, 0.717) is 0 Å². The van der Waals surface area contributed by atoms with Gasteiger partial charge in [-0.3, -0.25) is 0 Å². The summed E-state index contributed by atoms with van der Waals surface area (Å²) in [6.45, 7) is 0. The minimum atomic E-state index is -0.758. The molecular weight excluding hydrogens is 148 g/mol. The largest absolute Gasteiger partial charge is 0.378 e. The van der Waals surface area contributed by atoms with Crippen molar-refractivity contribution in [3.63, 3.8) is 0 Å².